The average molecular weight is 495 g/mol. The summed E-state index contributed by atoms with van der Waals surface area (Å²) >= 11 is 6.97. The molecule has 32 heavy (non-hydrogen) atoms. The fourth-order valence-corrected chi connectivity index (χ4v) is 8.43. The summed E-state index contributed by atoms with van der Waals surface area (Å²) in [6.07, 6.45) is 6.00. The summed E-state index contributed by atoms with van der Waals surface area (Å²) in [6.45, 7) is 2.24. The minimum atomic E-state index is -0.147. The van der Waals surface area contributed by atoms with Gasteiger partial charge in [0.2, 0.25) is 0 Å². The lowest BCUT2D eigenvalue weighted by Gasteiger charge is -1.97. The van der Waals surface area contributed by atoms with E-state index in [1.807, 2.05) is 29.5 Å². The van der Waals surface area contributed by atoms with Gasteiger partial charge >= 0.3 is 0 Å². The SMILES string of the molecule is CCCCCCc1cc(=C2SC=CS2)s/c1=c1\ccc(=C2C(=O)c3ccccc3C2=O)s1. The molecule has 0 N–H and O–H groups in total. The Labute approximate surface area is 203 Å². The summed E-state index contributed by atoms with van der Waals surface area (Å²) in [5, 5.41) is 4.27. The molecule has 2 nitrogen and oxygen atoms in total. The number of rotatable bonds is 5. The third-order valence-electron chi connectivity index (χ3n) is 5.66. The number of fused-ring (bicyclic) bond motifs is 1. The number of Topliss-reactive ketones (excluding diaryl/α,β-unsaturated/α-hetero) is 2. The van der Waals surface area contributed by atoms with Crippen LogP contribution in [0.3, 0.4) is 0 Å². The number of ketones is 2. The molecule has 2 aliphatic rings. The Hall–Kier alpha value is -1.86. The second kappa shape index (κ2) is 9.56. The predicted molar refractivity (Wildman–Crippen MR) is 140 cm³/mol. The lowest BCUT2D eigenvalue weighted by atomic mass is 10.1. The van der Waals surface area contributed by atoms with Crippen LogP contribution in [0.5, 0.6) is 0 Å². The molecule has 162 valence electrons. The van der Waals surface area contributed by atoms with E-state index >= 15 is 0 Å². The number of unbranched alkanes of at least 4 members (excludes halogenated alkanes) is 3. The normalized spacial score (nSPS) is 16.4. The third kappa shape index (κ3) is 4.10. The number of hydrogen-bond donors (Lipinski definition) is 0. The van der Waals surface area contributed by atoms with Gasteiger partial charge in [-0.1, -0.05) is 74.0 Å². The van der Waals surface area contributed by atoms with Crippen LogP contribution in [0.1, 0.15) is 58.9 Å². The Morgan fingerprint density at radius 1 is 0.750 bits per heavy atom. The molecule has 1 aliphatic carbocycles. The summed E-state index contributed by atoms with van der Waals surface area (Å²) in [5.74, 6) is -0.294. The molecule has 0 atom stereocenters. The fourth-order valence-electron chi connectivity index (χ4n) is 4.06. The lowest BCUT2D eigenvalue weighted by Crippen LogP contribution is -2.10. The molecular weight excluding hydrogens is 473 g/mol. The van der Waals surface area contributed by atoms with Crippen molar-refractivity contribution in [1.29, 1.82) is 0 Å². The van der Waals surface area contributed by atoms with Crippen LogP contribution in [0.4, 0.5) is 0 Å². The van der Waals surface area contributed by atoms with Gasteiger partial charge in [-0.15, -0.1) is 22.7 Å². The minimum Gasteiger partial charge on any atom is -0.288 e. The first-order chi connectivity index (χ1) is 15.7. The van der Waals surface area contributed by atoms with Crippen molar-refractivity contribution < 1.29 is 9.59 Å². The quantitative estimate of drug-likeness (QED) is 0.381. The zero-order chi connectivity index (χ0) is 22.1. The molecule has 0 saturated carbocycles. The molecule has 6 heteroatoms. The van der Waals surface area contributed by atoms with Crippen LogP contribution in [0.25, 0.3) is 9.81 Å². The van der Waals surface area contributed by atoms with Crippen LogP contribution in [0, 0.1) is 9.06 Å². The predicted octanol–water partition coefficient (Wildman–Crippen LogP) is 6.47. The van der Waals surface area contributed by atoms with Crippen molar-refractivity contribution in [3.63, 3.8) is 0 Å². The van der Waals surface area contributed by atoms with Gasteiger partial charge in [0.05, 0.1) is 9.81 Å². The molecular formula is C26H22O2S4. The molecule has 5 rings (SSSR count). The van der Waals surface area contributed by atoms with E-state index in [-0.39, 0.29) is 11.6 Å². The van der Waals surface area contributed by atoms with Crippen molar-refractivity contribution >= 4 is 67.6 Å². The molecule has 1 aromatic carbocycles. The van der Waals surface area contributed by atoms with Gasteiger partial charge in [0.25, 0.3) is 0 Å². The second-order valence-corrected chi connectivity index (χ2v) is 12.0. The van der Waals surface area contributed by atoms with E-state index < -0.39 is 0 Å². The van der Waals surface area contributed by atoms with Gasteiger partial charge in [0, 0.05) is 29.3 Å². The van der Waals surface area contributed by atoms with Gasteiger partial charge in [0.15, 0.2) is 11.6 Å². The Morgan fingerprint density at radius 2 is 1.44 bits per heavy atom. The van der Waals surface area contributed by atoms with Gasteiger partial charge in [0.1, 0.15) is 0 Å². The Bertz CT molecular complexity index is 1410. The van der Waals surface area contributed by atoms with E-state index in [2.05, 4.69) is 29.9 Å². The minimum absolute atomic E-state index is 0.147. The van der Waals surface area contributed by atoms with Crippen LogP contribution in [-0.4, -0.2) is 11.6 Å². The summed E-state index contributed by atoms with van der Waals surface area (Å²) < 4.78 is 5.85. The molecule has 3 heterocycles. The Morgan fingerprint density at radius 3 is 2.12 bits per heavy atom. The maximum Gasteiger partial charge on any atom is 0.199 e. The zero-order valence-electron chi connectivity index (χ0n) is 17.7. The number of hydrogen-bond acceptors (Lipinski definition) is 6. The van der Waals surface area contributed by atoms with Crippen LogP contribution < -0.4 is 9.06 Å². The van der Waals surface area contributed by atoms with Crippen molar-refractivity contribution in [3.8, 4) is 0 Å². The molecule has 0 unspecified atom stereocenters. The van der Waals surface area contributed by atoms with Crippen molar-refractivity contribution in [2.75, 3.05) is 0 Å². The van der Waals surface area contributed by atoms with E-state index in [1.54, 1.807) is 47.0 Å². The van der Waals surface area contributed by atoms with Crippen molar-refractivity contribution in [2.24, 2.45) is 0 Å². The van der Waals surface area contributed by atoms with E-state index in [1.165, 1.54) is 44.5 Å². The van der Waals surface area contributed by atoms with Gasteiger partial charge in [-0.05, 0) is 47.4 Å². The molecule has 0 bridgehead atoms. The van der Waals surface area contributed by atoms with Crippen molar-refractivity contribution in [2.45, 2.75) is 39.0 Å². The first-order valence-corrected chi connectivity index (χ1v) is 14.2. The highest BCUT2D eigenvalue weighted by Gasteiger charge is 2.33. The average Bonchev–Trinajstić information content (AvgIpc) is 3.59. The second-order valence-electron chi connectivity index (χ2n) is 7.81. The van der Waals surface area contributed by atoms with E-state index in [0.717, 1.165) is 15.5 Å². The van der Waals surface area contributed by atoms with E-state index in [9.17, 15) is 9.59 Å². The third-order valence-corrected chi connectivity index (χ3v) is 10.6. The lowest BCUT2D eigenvalue weighted by molar-refractivity contribution is 0.102. The van der Waals surface area contributed by atoms with Gasteiger partial charge < -0.3 is 0 Å². The van der Waals surface area contributed by atoms with E-state index in [4.69, 9.17) is 0 Å². The first-order valence-electron chi connectivity index (χ1n) is 10.8. The van der Waals surface area contributed by atoms with Gasteiger partial charge in [-0.25, -0.2) is 0 Å². The van der Waals surface area contributed by atoms with Crippen LogP contribution in [0.15, 0.2) is 53.3 Å². The van der Waals surface area contributed by atoms with Gasteiger partial charge in [-0.2, -0.15) is 0 Å². The van der Waals surface area contributed by atoms with Gasteiger partial charge in [-0.3, -0.25) is 9.59 Å². The zero-order valence-corrected chi connectivity index (χ0v) is 20.9. The topological polar surface area (TPSA) is 34.1 Å². The molecule has 3 aromatic rings. The Kier molecular flexibility index (Phi) is 6.56. The number of thioether (sulfide) groups is 2. The number of carbonyl (C=O) groups excluding carboxylic acids is 2. The largest absolute Gasteiger partial charge is 0.288 e. The summed E-state index contributed by atoms with van der Waals surface area (Å²) in [4.78, 5) is 25.9. The number of aryl methyl sites for hydroxylation is 1. The van der Waals surface area contributed by atoms with Crippen LogP contribution >= 0.6 is 46.2 Å². The smallest absolute Gasteiger partial charge is 0.199 e. The summed E-state index contributed by atoms with van der Waals surface area (Å²) in [5.41, 5.74) is 2.75. The first kappa shape index (κ1) is 22.0. The Balaban J connectivity index is 1.65. The van der Waals surface area contributed by atoms with Crippen molar-refractivity contribution in [3.05, 3.63) is 88.1 Å². The van der Waals surface area contributed by atoms with Crippen LogP contribution in [-0.2, 0) is 6.42 Å². The highest BCUT2D eigenvalue weighted by Crippen LogP contribution is 2.38. The summed E-state index contributed by atoms with van der Waals surface area (Å²) in [7, 11) is 0. The highest BCUT2D eigenvalue weighted by molar-refractivity contribution is 8.34. The molecule has 0 saturated heterocycles. The number of benzene rings is 1. The molecule has 2 aromatic heterocycles. The van der Waals surface area contributed by atoms with Crippen LogP contribution in [0.2, 0.25) is 0 Å². The maximum absolute atomic E-state index is 12.9. The van der Waals surface area contributed by atoms with Crippen molar-refractivity contribution in [1.82, 2.24) is 0 Å². The highest BCUT2D eigenvalue weighted by atomic mass is 32.2. The van der Waals surface area contributed by atoms with E-state index in [0.29, 0.717) is 16.7 Å². The molecule has 1 aliphatic heterocycles. The standard InChI is InChI=1S/C26H22O2S4/c1-2-3-4-5-8-16-15-21(26-29-13-14-30-26)32-25(16)20-12-11-19(31-20)22-23(27)17-9-6-7-10-18(17)24(22)28/h6-7,9-15H,2-5,8H2,1H3/b25-20+. The molecule has 0 amide bonds. The number of carbonyl (C=O) groups is 2. The maximum atomic E-state index is 12.9. The molecule has 0 radical (unpaired) electrons. The monoisotopic (exact) mass is 494 g/mol. The summed E-state index contributed by atoms with van der Waals surface area (Å²) in [6, 6.07) is 13.5. The molecule has 0 fully saturated rings. The fraction of sp³-hybridized carbons (Fsp3) is 0.231. The molecule has 0 spiro atoms. The number of thiophene rings is 2.